The number of nitrogens with two attached hydrogens (primary N) is 1. The second-order valence-corrected chi connectivity index (χ2v) is 5.66. The molecule has 0 aliphatic heterocycles. The van der Waals surface area contributed by atoms with E-state index in [1.165, 1.54) is 12.1 Å². The van der Waals surface area contributed by atoms with E-state index < -0.39 is 0 Å². The van der Waals surface area contributed by atoms with Gasteiger partial charge in [0.05, 0.1) is 4.47 Å². The van der Waals surface area contributed by atoms with E-state index in [1.54, 1.807) is 17.4 Å². The van der Waals surface area contributed by atoms with Crippen LogP contribution in [-0.4, -0.2) is 6.04 Å². The largest absolute Gasteiger partial charge is 0.483 e. The minimum atomic E-state index is -0.332. The van der Waals surface area contributed by atoms with Gasteiger partial charge in [0.1, 0.15) is 17.7 Å². The van der Waals surface area contributed by atoms with Crippen molar-refractivity contribution in [3.8, 4) is 5.75 Å². The second kappa shape index (κ2) is 5.82. The minimum Gasteiger partial charge on any atom is -0.483 e. The van der Waals surface area contributed by atoms with E-state index in [2.05, 4.69) is 15.9 Å². The second-order valence-electron chi connectivity index (χ2n) is 4.03. The topological polar surface area (TPSA) is 35.2 Å². The molecule has 0 saturated heterocycles. The number of thiophene rings is 1. The van der Waals surface area contributed by atoms with E-state index in [-0.39, 0.29) is 18.0 Å². The molecule has 5 heteroatoms. The number of hydrogen-bond acceptors (Lipinski definition) is 3. The number of ether oxygens (including phenoxy) is 1. The van der Waals surface area contributed by atoms with Crippen LogP contribution in [0.15, 0.2) is 39.5 Å². The van der Waals surface area contributed by atoms with Crippen molar-refractivity contribution < 1.29 is 9.13 Å². The standard InChI is InChI=1S/C13H13BrFNOS/c1-8(16)13(9-4-5-18-7-9)17-12-6-10(15)2-3-11(12)14/h2-8,13H,16H2,1H3. The Labute approximate surface area is 118 Å². The van der Waals surface area contributed by atoms with Crippen molar-refractivity contribution in [2.45, 2.75) is 19.1 Å². The predicted octanol–water partition coefficient (Wildman–Crippen LogP) is 4.12. The van der Waals surface area contributed by atoms with Gasteiger partial charge in [-0.3, -0.25) is 0 Å². The van der Waals surface area contributed by atoms with Gasteiger partial charge in [-0.05, 0) is 51.8 Å². The molecule has 18 heavy (non-hydrogen) atoms. The first-order valence-corrected chi connectivity index (χ1v) is 7.21. The highest BCUT2D eigenvalue weighted by Crippen LogP contribution is 2.31. The maximum atomic E-state index is 13.2. The van der Waals surface area contributed by atoms with E-state index >= 15 is 0 Å². The third-order valence-corrected chi connectivity index (χ3v) is 3.85. The summed E-state index contributed by atoms with van der Waals surface area (Å²) in [6.45, 7) is 1.87. The van der Waals surface area contributed by atoms with Gasteiger partial charge in [-0.15, -0.1) is 0 Å². The third-order valence-electron chi connectivity index (χ3n) is 2.50. The summed E-state index contributed by atoms with van der Waals surface area (Å²) in [5.74, 6) is 0.130. The molecular formula is C13H13BrFNOS. The van der Waals surface area contributed by atoms with Crippen LogP contribution in [0.2, 0.25) is 0 Å². The van der Waals surface area contributed by atoms with Crippen LogP contribution < -0.4 is 10.5 Å². The molecule has 0 amide bonds. The summed E-state index contributed by atoms with van der Waals surface area (Å²) in [6.07, 6.45) is -0.283. The average molecular weight is 330 g/mol. The molecule has 2 atom stereocenters. The monoisotopic (exact) mass is 329 g/mol. The Morgan fingerprint density at radius 2 is 2.17 bits per heavy atom. The van der Waals surface area contributed by atoms with Crippen LogP contribution in [0.3, 0.4) is 0 Å². The van der Waals surface area contributed by atoms with Crippen LogP contribution in [0.25, 0.3) is 0 Å². The Morgan fingerprint density at radius 1 is 1.39 bits per heavy atom. The van der Waals surface area contributed by atoms with Gasteiger partial charge in [0.15, 0.2) is 0 Å². The van der Waals surface area contributed by atoms with Gasteiger partial charge in [0, 0.05) is 17.7 Å². The summed E-state index contributed by atoms with van der Waals surface area (Å²) in [4.78, 5) is 0. The van der Waals surface area contributed by atoms with Crippen molar-refractivity contribution in [1.29, 1.82) is 0 Å². The van der Waals surface area contributed by atoms with Crippen LogP contribution in [-0.2, 0) is 0 Å². The van der Waals surface area contributed by atoms with E-state index in [4.69, 9.17) is 10.5 Å². The van der Waals surface area contributed by atoms with Crippen molar-refractivity contribution in [1.82, 2.24) is 0 Å². The molecule has 0 aliphatic rings. The van der Waals surface area contributed by atoms with E-state index in [9.17, 15) is 4.39 Å². The summed E-state index contributed by atoms with van der Waals surface area (Å²) in [5.41, 5.74) is 6.94. The Hall–Kier alpha value is -0.910. The molecule has 0 saturated carbocycles. The van der Waals surface area contributed by atoms with Gasteiger partial charge >= 0.3 is 0 Å². The summed E-state index contributed by atoms with van der Waals surface area (Å²) >= 11 is 4.92. The van der Waals surface area contributed by atoms with Gasteiger partial charge in [-0.2, -0.15) is 11.3 Å². The maximum absolute atomic E-state index is 13.2. The molecule has 2 aromatic rings. The average Bonchev–Trinajstić information content (AvgIpc) is 2.83. The lowest BCUT2D eigenvalue weighted by atomic mass is 10.1. The molecule has 2 rings (SSSR count). The van der Waals surface area contributed by atoms with E-state index in [0.29, 0.717) is 10.2 Å². The molecule has 96 valence electrons. The molecule has 0 fully saturated rings. The Balaban J connectivity index is 2.27. The predicted molar refractivity (Wildman–Crippen MR) is 75.4 cm³/mol. The molecule has 2 nitrogen and oxygen atoms in total. The molecule has 2 N–H and O–H groups in total. The van der Waals surface area contributed by atoms with Crippen molar-refractivity contribution >= 4 is 27.3 Å². The summed E-state index contributed by atoms with van der Waals surface area (Å²) < 4.78 is 19.8. The van der Waals surface area contributed by atoms with Crippen LogP contribution in [0.5, 0.6) is 5.75 Å². The zero-order valence-electron chi connectivity index (χ0n) is 9.77. The van der Waals surface area contributed by atoms with Crippen molar-refractivity contribution in [2.24, 2.45) is 5.73 Å². The number of rotatable bonds is 4. The third kappa shape index (κ3) is 3.10. The highest BCUT2D eigenvalue weighted by molar-refractivity contribution is 9.10. The van der Waals surface area contributed by atoms with Crippen molar-refractivity contribution in [3.05, 3.63) is 50.9 Å². The lowest BCUT2D eigenvalue weighted by Crippen LogP contribution is -2.28. The molecule has 0 radical (unpaired) electrons. The van der Waals surface area contributed by atoms with Crippen LogP contribution >= 0.6 is 27.3 Å². The normalized spacial score (nSPS) is 14.2. The smallest absolute Gasteiger partial charge is 0.139 e. The van der Waals surface area contributed by atoms with Gasteiger partial charge < -0.3 is 10.5 Å². The van der Waals surface area contributed by atoms with Gasteiger partial charge in [-0.25, -0.2) is 4.39 Å². The van der Waals surface area contributed by atoms with E-state index in [1.807, 2.05) is 23.8 Å². The zero-order chi connectivity index (χ0) is 13.1. The molecule has 0 bridgehead atoms. The summed E-state index contributed by atoms with van der Waals surface area (Å²) in [7, 11) is 0. The van der Waals surface area contributed by atoms with Gasteiger partial charge in [-0.1, -0.05) is 0 Å². The highest BCUT2D eigenvalue weighted by atomic mass is 79.9. The van der Waals surface area contributed by atoms with Crippen LogP contribution in [0.1, 0.15) is 18.6 Å². The Morgan fingerprint density at radius 3 is 2.78 bits per heavy atom. The lowest BCUT2D eigenvalue weighted by molar-refractivity contribution is 0.179. The number of hydrogen-bond donors (Lipinski definition) is 1. The first kappa shape index (κ1) is 13.5. The first-order chi connectivity index (χ1) is 8.58. The molecule has 0 aliphatic carbocycles. The summed E-state index contributed by atoms with van der Waals surface area (Å²) in [6, 6.07) is 6.13. The first-order valence-electron chi connectivity index (χ1n) is 5.47. The maximum Gasteiger partial charge on any atom is 0.139 e. The van der Waals surface area contributed by atoms with Crippen LogP contribution in [0.4, 0.5) is 4.39 Å². The lowest BCUT2D eigenvalue weighted by Gasteiger charge is -2.22. The van der Waals surface area contributed by atoms with Crippen molar-refractivity contribution in [2.75, 3.05) is 0 Å². The number of halogens is 2. The molecule has 1 aromatic carbocycles. The number of benzene rings is 1. The molecule has 0 spiro atoms. The van der Waals surface area contributed by atoms with Crippen LogP contribution in [0, 0.1) is 5.82 Å². The zero-order valence-corrected chi connectivity index (χ0v) is 12.2. The van der Waals surface area contributed by atoms with Gasteiger partial charge in [0.2, 0.25) is 0 Å². The fourth-order valence-electron chi connectivity index (χ4n) is 1.62. The van der Waals surface area contributed by atoms with Gasteiger partial charge in [0.25, 0.3) is 0 Å². The quantitative estimate of drug-likeness (QED) is 0.915. The minimum absolute atomic E-state index is 0.185. The highest BCUT2D eigenvalue weighted by Gasteiger charge is 2.20. The fraction of sp³-hybridized carbons (Fsp3) is 0.231. The Kier molecular flexibility index (Phi) is 4.37. The van der Waals surface area contributed by atoms with E-state index in [0.717, 1.165) is 5.56 Å². The molecule has 2 unspecified atom stereocenters. The molecular weight excluding hydrogens is 317 g/mol. The Bertz CT molecular complexity index is 516. The SMILES string of the molecule is CC(N)C(Oc1cc(F)ccc1Br)c1ccsc1. The summed E-state index contributed by atoms with van der Waals surface area (Å²) in [5, 5.41) is 3.95. The van der Waals surface area contributed by atoms with Crippen molar-refractivity contribution in [3.63, 3.8) is 0 Å². The fourth-order valence-corrected chi connectivity index (χ4v) is 2.64. The molecule has 1 heterocycles. The molecule has 1 aromatic heterocycles.